The largest absolute Gasteiger partial charge is 0.465 e. The molecule has 152 valence electrons. The normalized spacial score (nSPS) is 15.3. The van der Waals surface area contributed by atoms with Gasteiger partial charge in [0.15, 0.2) is 0 Å². The molecule has 1 saturated heterocycles. The van der Waals surface area contributed by atoms with Gasteiger partial charge in [-0.1, -0.05) is 48.5 Å². The van der Waals surface area contributed by atoms with Gasteiger partial charge in [-0.15, -0.1) is 0 Å². The van der Waals surface area contributed by atoms with Gasteiger partial charge in [0.05, 0.1) is 25.4 Å². The Morgan fingerprint density at radius 2 is 1.66 bits per heavy atom. The average molecular weight is 394 g/mol. The van der Waals surface area contributed by atoms with Crippen LogP contribution in [0.15, 0.2) is 59.7 Å². The lowest BCUT2D eigenvalue weighted by Gasteiger charge is -2.34. The fourth-order valence-corrected chi connectivity index (χ4v) is 3.26. The van der Waals surface area contributed by atoms with E-state index < -0.39 is 5.97 Å². The third kappa shape index (κ3) is 6.23. The van der Waals surface area contributed by atoms with Gasteiger partial charge in [-0.25, -0.2) is 10.2 Å². The molecule has 2 aromatic rings. The van der Waals surface area contributed by atoms with Gasteiger partial charge < -0.3 is 4.74 Å². The summed E-state index contributed by atoms with van der Waals surface area (Å²) in [5, 5.41) is 3.99. The highest BCUT2D eigenvalue weighted by Gasteiger charge is 2.18. The summed E-state index contributed by atoms with van der Waals surface area (Å²) in [4.78, 5) is 28.4. The van der Waals surface area contributed by atoms with Gasteiger partial charge in [-0.2, -0.15) is 5.10 Å². The molecular formula is C22H26N4O3. The molecule has 3 rings (SSSR count). The van der Waals surface area contributed by atoms with Crippen LogP contribution in [0.4, 0.5) is 0 Å². The number of hydrazone groups is 1. The summed E-state index contributed by atoms with van der Waals surface area (Å²) in [6, 6.07) is 17.4. The van der Waals surface area contributed by atoms with Crippen LogP contribution in [0.5, 0.6) is 0 Å². The van der Waals surface area contributed by atoms with Crippen molar-refractivity contribution in [1.82, 2.24) is 15.2 Å². The highest BCUT2D eigenvalue weighted by atomic mass is 16.5. The molecule has 7 nitrogen and oxygen atoms in total. The summed E-state index contributed by atoms with van der Waals surface area (Å²) in [7, 11) is 1.33. The number of benzene rings is 2. The van der Waals surface area contributed by atoms with Crippen LogP contribution in [0, 0.1) is 0 Å². The second-order valence-corrected chi connectivity index (χ2v) is 6.91. The minimum Gasteiger partial charge on any atom is -0.465 e. The average Bonchev–Trinajstić information content (AvgIpc) is 2.75. The van der Waals surface area contributed by atoms with Crippen LogP contribution in [-0.4, -0.2) is 67.7 Å². The number of amides is 1. The number of piperazine rings is 1. The lowest BCUT2D eigenvalue weighted by molar-refractivity contribution is -0.122. The molecule has 0 aliphatic carbocycles. The van der Waals surface area contributed by atoms with Crippen molar-refractivity contribution in [2.24, 2.45) is 5.10 Å². The van der Waals surface area contributed by atoms with Crippen molar-refractivity contribution in [2.75, 3.05) is 39.8 Å². The predicted octanol–water partition coefficient (Wildman–Crippen LogP) is 1.74. The van der Waals surface area contributed by atoms with Gasteiger partial charge in [0.1, 0.15) is 0 Å². The van der Waals surface area contributed by atoms with E-state index in [1.807, 2.05) is 6.07 Å². The summed E-state index contributed by atoms with van der Waals surface area (Å²) in [5.41, 5.74) is 4.84. The van der Waals surface area contributed by atoms with Crippen molar-refractivity contribution in [3.63, 3.8) is 0 Å². The third-order valence-electron chi connectivity index (χ3n) is 4.84. The number of hydrogen-bond acceptors (Lipinski definition) is 6. The highest BCUT2D eigenvalue weighted by molar-refractivity contribution is 5.99. The van der Waals surface area contributed by atoms with Gasteiger partial charge >= 0.3 is 5.97 Å². The molecule has 0 bridgehead atoms. The van der Waals surface area contributed by atoms with E-state index in [1.165, 1.54) is 18.9 Å². The van der Waals surface area contributed by atoms with E-state index >= 15 is 0 Å². The van der Waals surface area contributed by atoms with Gasteiger partial charge in [-0.05, 0) is 11.6 Å². The zero-order chi connectivity index (χ0) is 20.5. The van der Waals surface area contributed by atoms with Crippen LogP contribution in [0.3, 0.4) is 0 Å². The first-order chi connectivity index (χ1) is 14.2. The summed E-state index contributed by atoms with van der Waals surface area (Å²) in [6.45, 7) is 4.78. The first kappa shape index (κ1) is 20.7. The molecule has 0 radical (unpaired) electrons. The minimum absolute atomic E-state index is 0.173. The Bertz CT molecular complexity index is 846. The summed E-state index contributed by atoms with van der Waals surface area (Å²) in [5.74, 6) is -0.611. The van der Waals surface area contributed by atoms with Crippen molar-refractivity contribution in [1.29, 1.82) is 0 Å². The lowest BCUT2D eigenvalue weighted by Crippen LogP contribution is -2.48. The molecule has 1 aliphatic heterocycles. The quantitative estimate of drug-likeness (QED) is 0.440. The molecule has 1 aliphatic rings. The minimum atomic E-state index is -0.438. The van der Waals surface area contributed by atoms with E-state index in [4.69, 9.17) is 4.74 Å². The zero-order valence-corrected chi connectivity index (χ0v) is 16.6. The molecule has 2 aromatic carbocycles. The lowest BCUT2D eigenvalue weighted by atomic mass is 10.1. The maximum Gasteiger partial charge on any atom is 0.338 e. The number of methoxy groups -OCH3 is 1. The van der Waals surface area contributed by atoms with Crippen LogP contribution < -0.4 is 5.43 Å². The molecule has 0 spiro atoms. The van der Waals surface area contributed by atoms with E-state index in [2.05, 4.69) is 44.6 Å². The van der Waals surface area contributed by atoms with Crippen molar-refractivity contribution < 1.29 is 14.3 Å². The Hall–Kier alpha value is -3.03. The number of carbonyl (C=O) groups is 2. The predicted molar refractivity (Wildman–Crippen MR) is 112 cm³/mol. The van der Waals surface area contributed by atoms with Crippen molar-refractivity contribution in [3.8, 4) is 0 Å². The Kier molecular flexibility index (Phi) is 7.49. The zero-order valence-electron chi connectivity index (χ0n) is 16.6. The number of carbonyl (C=O) groups excluding carboxylic acids is 2. The summed E-state index contributed by atoms with van der Waals surface area (Å²) < 4.78 is 4.75. The Labute approximate surface area is 171 Å². The fourth-order valence-electron chi connectivity index (χ4n) is 3.26. The van der Waals surface area contributed by atoms with Crippen LogP contribution in [0.1, 0.15) is 21.5 Å². The van der Waals surface area contributed by atoms with Gasteiger partial charge in [0.2, 0.25) is 0 Å². The second kappa shape index (κ2) is 10.5. The Morgan fingerprint density at radius 3 is 2.38 bits per heavy atom. The molecule has 1 fully saturated rings. The number of nitrogens with zero attached hydrogens (tertiary/aromatic N) is 3. The van der Waals surface area contributed by atoms with Gasteiger partial charge in [-0.3, -0.25) is 14.6 Å². The molecule has 29 heavy (non-hydrogen) atoms. The number of hydrogen-bond donors (Lipinski definition) is 1. The molecule has 1 amide bonds. The van der Waals surface area contributed by atoms with Crippen molar-refractivity contribution in [2.45, 2.75) is 6.54 Å². The van der Waals surface area contributed by atoms with Crippen LogP contribution in [0.25, 0.3) is 0 Å². The maximum atomic E-state index is 12.2. The van der Waals surface area contributed by atoms with Gasteiger partial charge in [0.25, 0.3) is 5.91 Å². The number of ether oxygens (including phenoxy) is 1. The smallest absolute Gasteiger partial charge is 0.338 e. The Morgan fingerprint density at radius 1 is 1.00 bits per heavy atom. The van der Waals surface area contributed by atoms with E-state index in [-0.39, 0.29) is 5.91 Å². The molecule has 0 unspecified atom stereocenters. The standard InChI is InChI=1S/C22H26N4O3/c1-29-22(28)20-10-6-5-9-19(20)15-23-24-21(27)17-26-13-11-25(12-14-26)16-18-7-3-2-4-8-18/h2-10,15H,11-14,16-17H2,1H3,(H,24,27)/b23-15+. The number of esters is 1. The first-order valence-electron chi connectivity index (χ1n) is 9.63. The topological polar surface area (TPSA) is 74.2 Å². The monoisotopic (exact) mass is 394 g/mol. The second-order valence-electron chi connectivity index (χ2n) is 6.91. The van der Waals surface area contributed by atoms with Crippen molar-refractivity contribution in [3.05, 3.63) is 71.3 Å². The third-order valence-corrected chi connectivity index (χ3v) is 4.84. The SMILES string of the molecule is COC(=O)c1ccccc1/C=N/NC(=O)CN1CCN(Cc2ccccc2)CC1. The van der Waals surface area contributed by atoms with Crippen LogP contribution in [-0.2, 0) is 16.1 Å². The van der Waals surface area contributed by atoms with Crippen LogP contribution in [0.2, 0.25) is 0 Å². The summed E-state index contributed by atoms with van der Waals surface area (Å²) >= 11 is 0. The van der Waals surface area contributed by atoms with Crippen LogP contribution >= 0.6 is 0 Å². The Balaban J connectivity index is 1.43. The van der Waals surface area contributed by atoms with Crippen molar-refractivity contribution >= 4 is 18.1 Å². The first-order valence-corrected chi connectivity index (χ1v) is 9.63. The molecule has 0 aromatic heterocycles. The van der Waals surface area contributed by atoms with E-state index in [1.54, 1.807) is 24.3 Å². The summed E-state index contributed by atoms with van der Waals surface area (Å²) in [6.07, 6.45) is 1.46. The number of nitrogens with one attached hydrogen (secondary N) is 1. The van der Waals surface area contributed by atoms with E-state index in [0.717, 1.165) is 32.7 Å². The molecule has 1 N–H and O–H groups in total. The van der Waals surface area contributed by atoms with E-state index in [0.29, 0.717) is 17.7 Å². The molecular weight excluding hydrogens is 368 g/mol. The van der Waals surface area contributed by atoms with Gasteiger partial charge in [0, 0.05) is 38.3 Å². The fraction of sp³-hybridized carbons (Fsp3) is 0.318. The maximum absolute atomic E-state index is 12.2. The molecule has 7 heteroatoms. The highest BCUT2D eigenvalue weighted by Crippen LogP contribution is 2.09. The van der Waals surface area contributed by atoms with E-state index in [9.17, 15) is 9.59 Å². The molecule has 0 saturated carbocycles. The molecule has 0 atom stereocenters. The molecule has 1 heterocycles. The number of rotatable bonds is 7.